The van der Waals surface area contributed by atoms with Crippen LogP contribution in [-0.2, 0) is 0 Å². The van der Waals surface area contributed by atoms with Crippen molar-refractivity contribution in [1.29, 1.82) is 0 Å². The van der Waals surface area contributed by atoms with Crippen molar-refractivity contribution in [1.82, 2.24) is 10.1 Å². The topological polar surface area (TPSA) is 74.5 Å². The lowest BCUT2D eigenvalue weighted by atomic mass is 10.1. The van der Waals surface area contributed by atoms with Crippen LogP contribution >= 0.6 is 0 Å². The van der Waals surface area contributed by atoms with Crippen LogP contribution in [0.2, 0.25) is 0 Å². The second-order valence-corrected chi connectivity index (χ2v) is 6.26. The number of hydrogen-bond acceptors (Lipinski definition) is 6. The molecule has 0 amide bonds. The monoisotopic (exact) mass is 386 g/mol. The summed E-state index contributed by atoms with van der Waals surface area (Å²) in [5, 5.41) is 4.04. The minimum atomic E-state index is -0.0734. The molecule has 0 bridgehead atoms. The highest BCUT2D eigenvalue weighted by atomic mass is 16.5. The molecule has 29 heavy (non-hydrogen) atoms. The van der Waals surface area contributed by atoms with E-state index in [1.807, 2.05) is 54.6 Å². The molecular weight excluding hydrogens is 368 g/mol. The van der Waals surface area contributed by atoms with Crippen molar-refractivity contribution in [3.05, 3.63) is 84.4 Å². The highest BCUT2D eigenvalue weighted by molar-refractivity contribution is 5.97. The van der Waals surface area contributed by atoms with Gasteiger partial charge in [-0.3, -0.25) is 4.79 Å². The lowest BCUT2D eigenvalue weighted by Crippen LogP contribution is -2.11. The van der Waals surface area contributed by atoms with E-state index in [2.05, 4.69) is 10.1 Å². The number of nitrogens with zero attached hydrogens (tertiary/aromatic N) is 2. The molecule has 0 aliphatic heterocycles. The molecule has 0 aliphatic carbocycles. The van der Waals surface area contributed by atoms with E-state index < -0.39 is 0 Å². The fourth-order valence-electron chi connectivity index (χ4n) is 2.77. The number of ether oxygens (including phenoxy) is 2. The van der Waals surface area contributed by atoms with Crippen LogP contribution in [0.25, 0.3) is 22.8 Å². The molecule has 0 saturated carbocycles. The van der Waals surface area contributed by atoms with Gasteiger partial charge < -0.3 is 14.0 Å². The molecule has 0 aliphatic rings. The second-order valence-electron chi connectivity index (χ2n) is 6.26. The Kier molecular flexibility index (Phi) is 5.33. The van der Waals surface area contributed by atoms with E-state index in [9.17, 15) is 4.79 Å². The SMILES string of the molecule is COc1cccc(-c2nc(-c3ccc(OCC(=O)c4ccccc4)cc3)no2)c1. The molecule has 1 heterocycles. The van der Waals surface area contributed by atoms with Crippen molar-refractivity contribution < 1.29 is 18.8 Å². The van der Waals surface area contributed by atoms with E-state index >= 15 is 0 Å². The Hall–Kier alpha value is -3.93. The number of methoxy groups -OCH3 is 1. The summed E-state index contributed by atoms with van der Waals surface area (Å²) < 4.78 is 16.2. The minimum absolute atomic E-state index is 0.0223. The predicted molar refractivity (Wildman–Crippen MR) is 108 cm³/mol. The zero-order chi connectivity index (χ0) is 20.1. The van der Waals surface area contributed by atoms with Gasteiger partial charge in [-0.25, -0.2) is 0 Å². The number of rotatable bonds is 7. The number of carbonyl (C=O) groups is 1. The van der Waals surface area contributed by atoms with Gasteiger partial charge in [0.15, 0.2) is 12.4 Å². The molecule has 0 N–H and O–H groups in total. The van der Waals surface area contributed by atoms with Crippen LogP contribution in [0.15, 0.2) is 83.4 Å². The van der Waals surface area contributed by atoms with Gasteiger partial charge in [-0.15, -0.1) is 0 Å². The first-order valence-electron chi connectivity index (χ1n) is 9.02. The summed E-state index contributed by atoms with van der Waals surface area (Å²) in [6.45, 7) is -0.0223. The normalized spacial score (nSPS) is 10.5. The lowest BCUT2D eigenvalue weighted by Gasteiger charge is -2.06. The van der Waals surface area contributed by atoms with E-state index in [-0.39, 0.29) is 12.4 Å². The average molecular weight is 386 g/mol. The summed E-state index contributed by atoms with van der Waals surface area (Å²) in [6, 6.07) is 23.7. The van der Waals surface area contributed by atoms with Crippen molar-refractivity contribution in [2.45, 2.75) is 0 Å². The van der Waals surface area contributed by atoms with E-state index in [0.29, 0.717) is 28.8 Å². The smallest absolute Gasteiger partial charge is 0.258 e. The molecule has 1 aromatic heterocycles. The zero-order valence-corrected chi connectivity index (χ0v) is 15.7. The largest absolute Gasteiger partial charge is 0.497 e. The van der Waals surface area contributed by atoms with Gasteiger partial charge in [0.05, 0.1) is 7.11 Å². The predicted octanol–water partition coefficient (Wildman–Crippen LogP) is 4.67. The van der Waals surface area contributed by atoms with Crippen molar-refractivity contribution in [2.24, 2.45) is 0 Å². The maximum absolute atomic E-state index is 12.1. The third kappa shape index (κ3) is 4.32. The first kappa shape index (κ1) is 18.4. The third-order valence-electron chi connectivity index (χ3n) is 4.32. The molecule has 0 unspecified atom stereocenters. The highest BCUT2D eigenvalue weighted by Crippen LogP contribution is 2.26. The van der Waals surface area contributed by atoms with Gasteiger partial charge in [0.25, 0.3) is 5.89 Å². The van der Waals surface area contributed by atoms with E-state index in [1.54, 1.807) is 31.4 Å². The van der Waals surface area contributed by atoms with Crippen LogP contribution in [0.4, 0.5) is 0 Å². The fraction of sp³-hybridized carbons (Fsp3) is 0.0870. The van der Waals surface area contributed by atoms with Crippen LogP contribution in [0, 0.1) is 0 Å². The summed E-state index contributed by atoms with van der Waals surface area (Å²) >= 11 is 0. The first-order chi connectivity index (χ1) is 14.2. The molecule has 3 aromatic carbocycles. The Morgan fingerprint density at radius 2 is 1.69 bits per heavy atom. The van der Waals surface area contributed by atoms with Gasteiger partial charge >= 0.3 is 0 Å². The van der Waals surface area contributed by atoms with Crippen LogP contribution in [0.5, 0.6) is 11.5 Å². The molecular formula is C23H18N2O4. The molecule has 0 saturated heterocycles. The molecule has 6 nitrogen and oxygen atoms in total. The van der Waals surface area contributed by atoms with Crippen LogP contribution in [-0.4, -0.2) is 29.6 Å². The van der Waals surface area contributed by atoms with Crippen LogP contribution in [0.1, 0.15) is 10.4 Å². The maximum Gasteiger partial charge on any atom is 0.258 e. The minimum Gasteiger partial charge on any atom is -0.497 e. The summed E-state index contributed by atoms with van der Waals surface area (Å²) in [5.74, 6) is 2.11. The van der Waals surface area contributed by atoms with Gasteiger partial charge in [0.1, 0.15) is 11.5 Å². The highest BCUT2D eigenvalue weighted by Gasteiger charge is 2.12. The van der Waals surface area contributed by atoms with Crippen molar-refractivity contribution in [3.63, 3.8) is 0 Å². The Labute approximate surface area is 167 Å². The fourth-order valence-corrected chi connectivity index (χ4v) is 2.77. The Morgan fingerprint density at radius 1 is 0.897 bits per heavy atom. The van der Waals surface area contributed by atoms with Crippen molar-refractivity contribution in [3.8, 4) is 34.3 Å². The van der Waals surface area contributed by atoms with Gasteiger partial charge in [0.2, 0.25) is 5.82 Å². The van der Waals surface area contributed by atoms with Crippen molar-refractivity contribution >= 4 is 5.78 Å². The molecule has 0 spiro atoms. The second kappa shape index (κ2) is 8.39. The van der Waals surface area contributed by atoms with E-state index in [4.69, 9.17) is 14.0 Å². The Balaban J connectivity index is 1.43. The summed E-state index contributed by atoms with van der Waals surface area (Å²) in [5.41, 5.74) is 2.19. The number of carbonyl (C=O) groups excluding carboxylic acids is 1. The summed E-state index contributed by atoms with van der Waals surface area (Å²) in [4.78, 5) is 16.6. The zero-order valence-electron chi connectivity index (χ0n) is 15.7. The Morgan fingerprint density at radius 3 is 2.45 bits per heavy atom. The van der Waals surface area contributed by atoms with E-state index in [1.165, 1.54) is 0 Å². The quantitative estimate of drug-likeness (QED) is 0.430. The molecule has 4 aromatic rings. The van der Waals surface area contributed by atoms with Crippen LogP contribution in [0.3, 0.4) is 0 Å². The molecule has 6 heteroatoms. The third-order valence-corrected chi connectivity index (χ3v) is 4.32. The standard InChI is InChI=1S/C23H18N2O4/c1-27-20-9-5-8-18(14-20)23-24-22(25-29-23)17-10-12-19(13-11-17)28-15-21(26)16-6-3-2-4-7-16/h2-14H,15H2,1H3. The van der Waals surface area contributed by atoms with Gasteiger partial charge in [-0.1, -0.05) is 41.6 Å². The number of ketones is 1. The number of aromatic nitrogens is 2. The molecule has 0 fully saturated rings. The maximum atomic E-state index is 12.1. The van der Waals surface area contributed by atoms with Crippen LogP contribution < -0.4 is 9.47 Å². The summed E-state index contributed by atoms with van der Waals surface area (Å²) in [7, 11) is 1.61. The van der Waals surface area contributed by atoms with Gasteiger partial charge in [-0.2, -0.15) is 4.98 Å². The van der Waals surface area contributed by atoms with Gasteiger partial charge in [-0.05, 0) is 42.5 Å². The number of benzene rings is 3. The number of Topliss-reactive ketones (excluding diaryl/α,β-unsaturated/α-hetero) is 1. The summed E-state index contributed by atoms with van der Waals surface area (Å²) in [6.07, 6.45) is 0. The first-order valence-corrected chi connectivity index (χ1v) is 9.02. The lowest BCUT2D eigenvalue weighted by molar-refractivity contribution is 0.0921. The number of hydrogen-bond donors (Lipinski definition) is 0. The van der Waals surface area contributed by atoms with E-state index in [0.717, 1.165) is 11.1 Å². The molecule has 0 atom stereocenters. The molecule has 144 valence electrons. The Bertz CT molecular complexity index is 1110. The average Bonchev–Trinajstić information content (AvgIpc) is 3.29. The van der Waals surface area contributed by atoms with Crippen molar-refractivity contribution in [2.75, 3.05) is 13.7 Å². The molecule has 0 radical (unpaired) electrons. The molecule has 4 rings (SSSR count). The van der Waals surface area contributed by atoms with Gasteiger partial charge in [0, 0.05) is 16.7 Å².